The Bertz CT molecular complexity index is 321. The third-order valence-electron chi connectivity index (χ3n) is 1.90. The number of hydrazine groups is 1. The Morgan fingerprint density at radius 2 is 2.40 bits per heavy atom. The van der Waals surface area contributed by atoms with E-state index in [9.17, 15) is 0 Å². The highest BCUT2D eigenvalue weighted by Gasteiger charge is 2.08. The minimum atomic E-state index is 0.195. The van der Waals surface area contributed by atoms with E-state index in [4.69, 9.17) is 10.9 Å². The quantitative estimate of drug-likeness (QED) is 0.301. The zero-order valence-electron chi connectivity index (χ0n) is 8.90. The summed E-state index contributed by atoms with van der Waals surface area (Å²) in [7, 11) is 0. The van der Waals surface area contributed by atoms with Gasteiger partial charge in [-0.25, -0.2) is 15.8 Å². The Balaban J connectivity index is 2.74. The average Bonchev–Trinajstić information content (AvgIpc) is 2.21. The minimum Gasteiger partial charge on any atom is -0.396 e. The number of hydrogen-bond donors (Lipinski definition) is 3. The van der Waals surface area contributed by atoms with E-state index in [2.05, 4.69) is 22.3 Å². The van der Waals surface area contributed by atoms with Gasteiger partial charge in [0, 0.05) is 18.1 Å². The Morgan fingerprint density at radius 1 is 1.67 bits per heavy atom. The first-order chi connectivity index (χ1) is 7.17. The summed E-state index contributed by atoms with van der Waals surface area (Å²) in [6, 6.07) is 0. The average molecular weight is 228 g/mol. The second kappa shape index (κ2) is 5.89. The number of aliphatic hydroxyl groups is 1. The molecule has 1 aromatic rings. The van der Waals surface area contributed by atoms with Crippen LogP contribution < -0.4 is 11.3 Å². The molecule has 1 unspecified atom stereocenters. The van der Waals surface area contributed by atoms with E-state index in [0.717, 1.165) is 17.0 Å². The smallest absolute Gasteiger partial charge is 0.238 e. The van der Waals surface area contributed by atoms with Crippen LogP contribution in [0, 0.1) is 6.92 Å². The fourth-order valence-corrected chi connectivity index (χ4v) is 2.03. The van der Waals surface area contributed by atoms with Gasteiger partial charge in [0.05, 0.1) is 0 Å². The molecule has 1 aromatic heterocycles. The monoisotopic (exact) mass is 228 g/mol. The van der Waals surface area contributed by atoms with Crippen molar-refractivity contribution in [1.29, 1.82) is 0 Å². The second-order valence-electron chi connectivity index (χ2n) is 3.27. The second-order valence-corrected chi connectivity index (χ2v) is 4.69. The molecule has 1 rings (SSSR count). The molecule has 0 aliphatic rings. The predicted octanol–water partition coefficient (Wildman–Crippen LogP) is 0.934. The lowest BCUT2D eigenvalue weighted by molar-refractivity contribution is 0.289. The number of nitrogens with zero attached hydrogens (tertiary/aromatic N) is 2. The maximum Gasteiger partial charge on any atom is 0.238 e. The summed E-state index contributed by atoms with van der Waals surface area (Å²) in [6.45, 7) is 4.20. The molecule has 4 N–H and O–H groups in total. The first kappa shape index (κ1) is 12.2. The van der Waals surface area contributed by atoms with E-state index < -0.39 is 0 Å². The summed E-state index contributed by atoms with van der Waals surface area (Å²) in [5.74, 6) is 5.65. The van der Waals surface area contributed by atoms with Crippen molar-refractivity contribution in [2.24, 2.45) is 5.84 Å². The maximum absolute atomic E-state index is 8.81. The van der Waals surface area contributed by atoms with E-state index in [1.807, 2.05) is 6.92 Å². The van der Waals surface area contributed by atoms with Crippen molar-refractivity contribution < 1.29 is 5.11 Å². The summed E-state index contributed by atoms with van der Waals surface area (Å²) in [5, 5.41) is 10.0. The number of nitrogens with one attached hydrogen (secondary N) is 1. The lowest BCUT2D eigenvalue weighted by Crippen LogP contribution is -2.11. The molecule has 0 aromatic carbocycles. The molecule has 0 saturated carbocycles. The van der Waals surface area contributed by atoms with Crippen LogP contribution in [0.5, 0.6) is 0 Å². The molecule has 1 atom stereocenters. The van der Waals surface area contributed by atoms with Gasteiger partial charge in [0.25, 0.3) is 0 Å². The molecular formula is C9H16N4OS. The molecule has 0 bridgehead atoms. The summed E-state index contributed by atoms with van der Waals surface area (Å²) in [6.07, 6.45) is 2.48. The predicted molar refractivity (Wildman–Crippen MR) is 61.6 cm³/mol. The van der Waals surface area contributed by atoms with E-state index in [1.165, 1.54) is 0 Å². The highest BCUT2D eigenvalue weighted by molar-refractivity contribution is 7.99. The highest BCUT2D eigenvalue weighted by atomic mass is 32.2. The standard InChI is InChI=1S/C9H16N4OS/c1-6-5-11-9(13-10)12-8(6)15-7(2)3-4-14/h5,7,14H,3-4,10H2,1-2H3,(H,11,12,13). The number of nitrogens with two attached hydrogens (primary N) is 1. The molecule has 0 radical (unpaired) electrons. The van der Waals surface area contributed by atoms with Crippen LogP contribution in [-0.2, 0) is 0 Å². The van der Waals surface area contributed by atoms with E-state index in [-0.39, 0.29) is 6.61 Å². The fraction of sp³-hybridized carbons (Fsp3) is 0.556. The van der Waals surface area contributed by atoms with Gasteiger partial charge in [0.1, 0.15) is 5.03 Å². The number of anilines is 1. The number of aromatic nitrogens is 2. The third kappa shape index (κ3) is 3.65. The number of rotatable bonds is 5. The molecule has 0 aliphatic carbocycles. The van der Waals surface area contributed by atoms with Crippen LogP contribution >= 0.6 is 11.8 Å². The van der Waals surface area contributed by atoms with Gasteiger partial charge < -0.3 is 5.11 Å². The molecule has 0 spiro atoms. The summed E-state index contributed by atoms with van der Waals surface area (Å²) >= 11 is 1.62. The zero-order chi connectivity index (χ0) is 11.3. The molecule has 0 amide bonds. The number of aryl methyl sites for hydroxylation is 1. The van der Waals surface area contributed by atoms with Gasteiger partial charge in [-0.1, -0.05) is 6.92 Å². The van der Waals surface area contributed by atoms with Crippen LogP contribution in [0.25, 0.3) is 0 Å². The van der Waals surface area contributed by atoms with Crippen molar-refractivity contribution >= 4 is 17.7 Å². The zero-order valence-corrected chi connectivity index (χ0v) is 9.71. The summed E-state index contributed by atoms with van der Waals surface area (Å²) in [5.41, 5.74) is 3.43. The number of thioether (sulfide) groups is 1. The maximum atomic E-state index is 8.81. The molecule has 84 valence electrons. The van der Waals surface area contributed by atoms with Crippen LogP contribution in [0.3, 0.4) is 0 Å². The topological polar surface area (TPSA) is 84.1 Å². The SMILES string of the molecule is Cc1cnc(NN)nc1SC(C)CCO. The lowest BCUT2D eigenvalue weighted by Gasteiger charge is -2.11. The normalized spacial score (nSPS) is 12.5. The van der Waals surface area contributed by atoms with Crippen molar-refractivity contribution in [3.63, 3.8) is 0 Å². The van der Waals surface area contributed by atoms with Crippen LogP contribution in [0.1, 0.15) is 18.9 Å². The number of hydrogen-bond acceptors (Lipinski definition) is 6. The first-order valence-electron chi connectivity index (χ1n) is 4.75. The van der Waals surface area contributed by atoms with E-state index in [1.54, 1.807) is 18.0 Å². The van der Waals surface area contributed by atoms with Crippen LogP contribution in [0.15, 0.2) is 11.2 Å². The van der Waals surface area contributed by atoms with Crippen molar-refractivity contribution in [2.45, 2.75) is 30.5 Å². The highest BCUT2D eigenvalue weighted by Crippen LogP contribution is 2.26. The molecule has 5 nitrogen and oxygen atoms in total. The third-order valence-corrected chi connectivity index (χ3v) is 3.18. The Labute approximate surface area is 93.5 Å². The fourth-order valence-electron chi connectivity index (χ4n) is 1.05. The Hall–Kier alpha value is -0.850. The molecule has 0 aliphatic heterocycles. The van der Waals surface area contributed by atoms with Gasteiger partial charge in [-0.2, -0.15) is 0 Å². The minimum absolute atomic E-state index is 0.195. The van der Waals surface area contributed by atoms with Gasteiger partial charge in [0.2, 0.25) is 5.95 Å². The van der Waals surface area contributed by atoms with Crippen molar-refractivity contribution in [3.8, 4) is 0 Å². The van der Waals surface area contributed by atoms with Crippen LogP contribution in [-0.4, -0.2) is 26.9 Å². The summed E-state index contributed by atoms with van der Waals surface area (Å²) in [4.78, 5) is 8.25. The Kier molecular flexibility index (Phi) is 4.80. The van der Waals surface area contributed by atoms with Gasteiger partial charge in [-0.05, 0) is 18.9 Å². The molecule has 1 heterocycles. The molecule has 15 heavy (non-hydrogen) atoms. The van der Waals surface area contributed by atoms with Gasteiger partial charge in [-0.15, -0.1) is 11.8 Å². The van der Waals surface area contributed by atoms with Crippen molar-refractivity contribution in [3.05, 3.63) is 11.8 Å². The summed E-state index contributed by atoms with van der Waals surface area (Å²) < 4.78 is 0. The molecule has 0 fully saturated rings. The van der Waals surface area contributed by atoms with Crippen molar-refractivity contribution in [2.75, 3.05) is 12.0 Å². The molecule has 6 heteroatoms. The number of aliphatic hydroxyl groups excluding tert-OH is 1. The van der Waals surface area contributed by atoms with Crippen molar-refractivity contribution in [1.82, 2.24) is 9.97 Å². The number of nitrogen functional groups attached to an aromatic ring is 1. The van der Waals surface area contributed by atoms with Gasteiger partial charge >= 0.3 is 0 Å². The Morgan fingerprint density at radius 3 is 3.00 bits per heavy atom. The van der Waals surface area contributed by atoms with E-state index >= 15 is 0 Å². The van der Waals surface area contributed by atoms with Gasteiger partial charge in [0.15, 0.2) is 0 Å². The van der Waals surface area contributed by atoms with Crippen LogP contribution in [0.4, 0.5) is 5.95 Å². The molecule has 0 saturated heterocycles. The molecular weight excluding hydrogens is 212 g/mol. The first-order valence-corrected chi connectivity index (χ1v) is 5.63. The largest absolute Gasteiger partial charge is 0.396 e. The van der Waals surface area contributed by atoms with E-state index in [0.29, 0.717) is 11.2 Å². The van der Waals surface area contributed by atoms with Gasteiger partial charge in [-0.3, -0.25) is 5.43 Å². The van der Waals surface area contributed by atoms with Crippen LogP contribution in [0.2, 0.25) is 0 Å². The lowest BCUT2D eigenvalue weighted by atomic mass is 10.3.